The zero-order chi connectivity index (χ0) is 35.9. The molecule has 6 nitrogen and oxygen atoms in total. The molecule has 46 heavy (non-hydrogen) atoms. The number of aryl methyl sites for hydroxylation is 1. The predicted molar refractivity (Wildman–Crippen MR) is 112 cm³/mol. The van der Waals surface area contributed by atoms with Crippen LogP contribution in [0, 0.1) is 0 Å². The number of nitrogens with zero attached hydrogens (tertiary/aromatic N) is 1. The molecule has 0 N–H and O–H groups in total. The first-order valence-electron chi connectivity index (χ1n) is 12.0. The lowest BCUT2D eigenvalue weighted by Crippen LogP contribution is -2.74. The van der Waals surface area contributed by atoms with E-state index in [4.69, 9.17) is 0 Å². The Bertz CT molecular complexity index is 1280. The van der Waals surface area contributed by atoms with Gasteiger partial charge in [-0.1, -0.05) is 29.3 Å². The summed E-state index contributed by atoms with van der Waals surface area (Å²) >= 11 is 0. The molecule has 0 saturated carbocycles. The molecule has 1 heterocycles. The van der Waals surface area contributed by atoms with Crippen molar-refractivity contribution in [2.24, 2.45) is 0 Å². The highest BCUT2D eigenvalue weighted by Crippen LogP contribution is 2.64. The van der Waals surface area contributed by atoms with Gasteiger partial charge in [-0.05, 0) is 24.0 Å². The smallest absolute Gasteiger partial charge is 0.428 e. The summed E-state index contributed by atoms with van der Waals surface area (Å²) < 4.78 is 232. The molecule has 1 aromatic rings. The first-order valence-corrected chi connectivity index (χ1v) is 12.0. The Balaban J connectivity index is 2.09. The molecule has 1 aliphatic rings. The van der Waals surface area contributed by atoms with E-state index in [0.717, 1.165) is 24.3 Å². The van der Waals surface area contributed by atoms with Crippen molar-refractivity contribution in [2.45, 2.75) is 86.3 Å². The maximum absolute atomic E-state index is 14.0. The van der Waals surface area contributed by atoms with E-state index in [1.807, 2.05) is 0 Å². The number of carbonyl (C=O) groups excluding carboxylic acids is 3. The van der Waals surface area contributed by atoms with Gasteiger partial charge < -0.3 is 4.74 Å². The molecule has 1 fully saturated rings. The third-order valence-electron chi connectivity index (χ3n) is 6.29. The maximum atomic E-state index is 14.0. The summed E-state index contributed by atoms with van der Waals surface area (Å²) in [7, 11) is 0. The fourth-order valence-corrected chi connectivity index (χ4v) is 3.57. The van der Waals surface area contributed by atoms with Crippen molar-refractivity contribution in [1.82, 2.24) is 5.06 Å². The standard InChI is InChI=1S/C23H16F17NO5/c24-16(25,17(26,27)18(28,29)19(30,31)20(32,33)21(34,35)22(36,37)23(38,39)40)9-1-2-11-3-5-12(6-4-11)10-45-15(44)46-41-13(42)7-8-14(41)43/h3-6H,1-2,7-10H2. The van der Waals surface area contributed by atoms with Crippen LogP contribution in [0.5, 0.6) is 0 Å². The Kier molecular flexibility index (Phi) is 10.3. The van der Waals surface area contributed by atoms with E-state index in [-0.39, 0.29) is 29.0 Å². The van der Waals surface area contributed by atoms with E-state index in [1.165, 1.54) is 0 Å². The fraction of sp³-hybridized carbons (Fsp3) is 0.609. The lowest BCUT2D eigenvalue weighted by atomic mass is 9.87. The van der Waals surface area contributed by atoms with E-state index < -0.39 is 91.5 Å². The average Bonchev–Trinajstić information content (AvgIpc) is 3.23. The first-order chi connectivity index (χ1) is 20.5. The molecular weight excluding hydrogens is 693 g/mol. The maximum Gasteiger partial charge on any atom is 0.534 e. The molecule has 1 aromatic carbocycles. The monoisotopic (exact) mass is 709 g/mol. The van der Waals surface area contributed by atoms with Crippen molar-refractivity contribution in [2.75, 3.05) is 0 Å². The number of carbonyl (C=O) groups is 3. The van der Waals surface area contributed by atoms with Crippen molar-refractivity contribution in [1.29, 1.82) is 0 Å². The quantitative estimate of drug-likeness (QED) is 0.119. The van der Waals surface area contributed by atoms with Gasteiger partial charge in [0.05, 0.1) is 0 Å². The number of amides is 2. The summed E-state index contributed by atoms with van der Waals surface area (Å²) in [5.41, 5.74) is 0.0173. The van der Waals surface area contributed by atoms with E-state index in [9.17, 15) is 89.0 Å². The van der Waals surface area contributed by atoms with E-state index in [1.54, 1.807) is 0 Å². The van der Waals surface area contributed by atoms with Gasteiger partial charge in [-0.15, -0.1) is 0 Å². The second-order valence-corrected chi connectivity index (χ2v) is 9.53. The largest absolute Gasteiger partial charge is 0.534 e. The summed E-state index contributed by atoms with van der Waals surface area (Å²) in [5, 5.41) is 0.148. The molecule has 0 aliphatic carbocycles. The molecule has 1 saturated heterocycles. The third kappa shape index (κ3) is 6.49. The fourth-order valence-electron chi connectivity index (χ4n) is 3.57. The number of hydrogen-bond acceptors (Lipinski definition) is 5. The number of ether oxygens (including phenoxy) is 1. The second-order valence-electron chi connectivity index (χ2n) is 9.53. The van der Waals surface area contributed by atoms with Crippen LogP contribution in [-0.2, 0) is 32.2 Å². The molecule has 2 amide bonds. The zero-order valence-corrected chi connectivity index (χ0v) is 22.0. The van der Waals surface area contributed by atoms with Gasteiger partial charge in [0.15, 0.2) is 0 Å². The predicted octanol–water partition coefficient (Wildman–Crippen LogP) is 7.74. The van der Waals surface area contributed by atoms with Crippen LogP contribution in [0.15, 0.2) is 24.3 Å². The molecule has 0 atom stereocenters. The van der Waals surface area contributed by atoms with Crippen molar-refractivity contribution in [3.63, 3.8) is 0 Å². The molecular formula is C23H16F17NO5. The van der Waals surface area contributed by atoms with Gasteiger partial charge in [-0.25, -0.2) is 4.79 Å². The van der Waals surface area contributed by atoms with Crippen molar-refractivity contribution >= 4 is 18.0 Å². The highest BCUT2D eigenvalue weighted by atomic mass is 19.4. The molecule has 262 valence electrons. The molecule has 0 aromatic heterocycles. The highest BCUT2D eigenvalue weighted by Gasteiger charge is 2.95. The Morgan fingerprint density at radius 2 is 1.00 bits per heavy atom. The number of halogens is 17. The molecule has 23 heteroatoms. The van der Waals surface area contributed by atoms with Crippen LogP contribution in [-0.4, -0.2) is 70.7 Å². The number of alkyl halides is 17. The van der Waals surface area contributed by atoms with Gasteiger partial charge in [-0.3, -0.25) is 14.4 Å². The Labute approximate surface area is 244 Å². The molecule has 0 unspecified atom stereocenters. The zero-order valence-electron chi connectivity index (χ0n) is 22.0. The van der Waals surface area contributed by atoms with Crippen LogP contribution in [0.3, 0.4) is 0 Å². The minimum absolute atomic E-state index is 0.0867. The van der Waals surface area contributed by atoms with Crippen LogP contribution >= 0.6 is 0 Å². The molecule has 0 radical (unpaired) electrons. The van der Waals surface area contributed by atoms with Gasteiger partial charge in [-0.2, -0.15) is 74.6 Å². The highest BCUT2D eigenvalue weighted by molar-refractivity contribution is 6.01. The van der Waals surface area contributed by atoms with Gasteiger partial charge in [0, 0.05) is 19.3 Å². The number of rotatable bonds is 13. The van der Waals surface area contributed by atoms with Crippen molar-refractivity contribution < 1.29 is 98.6 Å². The summed E-state index contributed by atoms with van der Waals surface area (Å²) in [6.07, 6.45) is -14.5. The normalized spacial score (nSPS) is 16.2. The number of hydrogen-bond donors (Lipinski definition) is 0. The SMILES string of the molecule is O=C(OCc1ccc(CCCC(F)(F)C(F)(F)C(F)(F)C(F)(F)C(F)(F)C(F)(F)C(F)(F)C(F)(F)F)cc1)ON1C(=O)CCC1=O. The third-order valence-corrected chi connectivity index (χ3v) is 6.29. The summed E-state index contributed by atoms with van der Waals surface area (Å²) in [4.78, 5) is 38.7. The molecule has 1 aliphatic heterocycles. The van der Waals surface area contributed by atoms with E-state index >= 15 is 0 Å². The van der Waals surface area contributed by atoms with Crippen molar-refractivity contribution in [3.8, 4) is 0 Å². The molecule has 2 rings (SSSR count). The van der Waals surface area contributed by atoms with Gasteiger partial charge >= 0.3 is 53.8 Å². The lowest BCUT2D eigenvalue weighted by molar-refractivity contribution is -0.461. The first kappa shape index (κ1) is 38.6. The van der Waals surface area contributed by atoms with E-state index in [2.05, 4.69) is 9.57 Å². The minimum Gasteiger partial charge on any atom is -0.428 e. The van der Waals surface area contributed by atoms with Gasteiger partial charge in [0.1, 0.15) is 6.61 Å². The van der Waals surface area contributed by atoms with Crippen LogP contribution in [0.1, 0.15) is 36.8 Å². The van der Waals surface area contributed by atoms with Crippen LogP contribution in [0.25, 0.3) is 0 Å². The Hall–Kier alpha value is -3.56. The van der Waals surface area contributed by atoms with Crippen LogP contribution < -0.4 is 0 Å². The number of benzene rings is 1. The van der Waals surface area contributed by atoms with E-state index in [0.29, 0.717) is 0 Å². The van der Waals surface area contributed by atoms with Gasteiger partial charge in [0.2, 0.25) is 0 Å². The number of hydroxylamine groups is 2. The summed E-state index contributed by atoms with van der Waals surface area (Å²) in [6.45, 7) is -0.596. The topological polar surface area (TPSA) is 72.9 Å². The summed E-state index contributed by atoms with van der Waals surface area (Å²) in [5.74, 6) is -58.3. The summed E-state index contributed by atoms with van der Waals surface area (Å²) in [6, 6.07) is 4.24. The van der Waals surface area contributed by atoms with Gasteiger partial charge in [0.25, 0.3) is 11.8 Å². The number of imide groups is 1. The molecule has 0 spiro atoms. The lowest BCUT2D eigenvalue weighted by Gasteiger charge is -2.42. The Morgan fingerprint density at radius 3 is 1.43 bits per heavy atom. The average molecular weight is 709 g/mol. The van der Waals surface area contributed by atoms with Crippen LogP contribution in [0.2, 0.25) is 0 Å². The second kappa shape index (κ2) is 12.2. The van der Waals surface area contributed by atoms with Crippen molar-refractivity contribution in [3.05, 3.63) is 35.4 Å². The molecule has 0 bridgehead atoms. The Morgan fingerprint density at radius 1 is 0.609 bits per heavy atom. The van der Waals surface area contributed by atoms with Crippen LogP contribution in [0.4, 0.5) is 79.4 Å². The minimum atomic E-state index is -8.67.